The molecule has 6 heteroatoms. The fourth-order valence-electron chi connectivity index (χ4n) is 1.61. The minimum atomic E-state index is -0.508. The zero-order valence-electron chi connectivity index (χ0n) is 9.13. The molecule has 0 unspecified atom stereocenters. The van der Waals surface area contributed by atoms with E-state index in [0.717, 1.165) is 5.56 Å². The van der Waals surface area contributed by atoms with Gasteiger partial charge < -0.3 is 0 Å². The highest BCUT2D eigenvalue weighted by molar-refractivity contribution is 6.31. The Morgan fingerprint density at radius 3 is 2.59 bits per heavy atom. The quantitative estimate of drug-likeness (QED) is 0.622. The molecule has 2 aromatic rings. The van der Waals surface area contributed by atoms with Crippen LogP contribution in [0.4, 0.5) is 5.69 Å². The Balaban J connectivity index is 2.35. The molecular formula is C11H10ClN3O2. The van der Waals surface area contributed by atoms with E-state index < -0.39 is 4.92 Å². The van der Waals surface area contributed by atoms with E-state index in [9.17, 15) is 10.1 Å². The maximum atomic E-state index is 10.8. The molecule has 5 nitrogen and oxygen atoms in total. The van der Waals surface area contributed by atoms with Crippen molar-refractivity contribution in [2.75, 3.05) is 0 Å². The molecule has 0 N–H and O–H groups in total. The number of hydrogen-bond acceptors (Lipinski definition) is 3. The summed E-state index contributed by atoms with van der Waals surface area (Å²) in [6, 6.07) is 9.53. The van der Waals surface area contributed by atoms with Gasteiger partial charge in [-0.05, 0) is 12.5 Å². The van der Waals surface area contributed by atoms with Gasteiger partial charge in [-0.25, -0.2) is 4.68 Å². The largest absolute Gasteiger partial charge is 0.328 e. The van der Waals surface area contributed by atoms with Crippen LogP contribution in [0, 0.1) is 17.0 Å². The van der Waals surface area contributed by atoms with E-state index in [0.29, 0.717) is 12.2 Å². The number of aromatic nitrogens is 2. The maximum absolute atomic E-state index is 10.8. The fraction of sp³-hybridized carbons (Fsp3) is 0.182. The monoisotopic (exact) mass is 251 g/mol. The number of nitro groups is 1. The van der Waals surface area contributed by atoms with Gasteiger partial charge in [0.25, 0.3) is 0 Å². The van der Waals surface area contributed by atoms with Crippen molar-refractivity contribution >= 4 is 17.3 Å². The molecule has 0 aliphatic rings. The van der Waals surface area contributed by atoms with Crippen LogP contribution < -0.4 is 0 Å². The third-order valence-electron chi connectivity index (χ3n) is 2.39. The first kappa shape index (κ1) is 11.6. The van der Waals surface area contributed by atoms with Gasteiger partial charge in [-0.1, -0.05) is 41.9 Å². The number of rotatable bonds is 3. The van der Waals surface area contributed by atoms with E-state index >= 15 is 0 Å². The van der Waals surface area contributed by atoms with E-state index in [1.54, 1.807) is 6.92 Å². The third-order valence-corrected chi connectivity index (χ3v) is 2.77. The molecule has 0 fully saturated rings. The van der Waals surface area contributed by atoms with Crippen molar-refractivity contribution in [3.63, 3.8) is 0 Å². The average Bonchev–Trinajstić information content (AvgIpc) is 2.55. The highest BCUT2D eigenvalue weighted by Crippen LogP contribution is 2.28. The smallest absolute Gasteiger partial charge is 0.258 e. The van der Waals surface area contributed by atoms with Gasteiger partial charge in [0.05, 0.1) is 11.5 Å². The standard InChI is InChI=1S/C11H10ClN3O2/c1-8-10(15(16)17)11(12)14(13-8)7-9-5-3-2-4-6-9/h2-6H,7H2,1H3. The summed E-state index contributed by atoms with van der Waals surface area (Å²) in [5.41, 5.74) is 1.20. The van der Waals surface area contributed by atoms with E-state index in [1.807, 2.05) is 30.3 Å². The van der Waals surface area contributed by atoms with Crippen molar-refractivity contribution < 1.29 is 4.92 Å². The van der Waals surface area contributed by atoms with Crippen LogP contribution in [0.1, 0.15) is 11.3 Å². The average molecular weight is 252 g/mol. The topological polar surface area (TPSA) is 61.0 Å². The molecule has 0 saturated heterocycles. The van der Waals surface area contributed by atoms with Crippen LogP contribution in [0.3, 0.4) is 0 Å². The highest BCUT2D eigenvalue weighted by Gasteiger charge is 2.23. The molecule has 0 radical (unpaired) electrons. The van der Waals surface area contributed by atoms with Crippen LogP contribution in [0.25, 0.3) is 0 Å². The van der Waals surface area contributed by atoms with Gasteiger partial charge in [-0.3, -0.25) is 10.1 Å². The maximum Gasteiger partial charge on any atom is 0.328 e. The molecule has 1 aromatic heterocycles. The van der Waals surface area contributed by atoms with Crippen LogP contribution in [-0.2, 0) is 6.54 Å². The van der Waals surface area contributed by atoms with E-state index in [1.165, 1.54) is 4.68 Å². The van der Waals surface area contributed by atoms with Gasteiger partial charge in [-0.15, -0.1) is 0 Å². The van der Waals surface area contributed by atoms with E-state index in [4.69, 9.17) is 11.6 Å². The lowest BCUT2D eigenvalue weighted by molar-refractivity contribution is -0.385. The molecular weight excluding hydrogens is 242 g/mol. The molecule has 0 saturated carbocycles. The van der Waals surface area contributed by atoms with Crippen molar-refractivity contribution in [3.05, 3.63) is 56.9 Å². The second-order valence-corrected chi connectivity index (χ2v) is 3.98. The third kappa shape index (κ3) is 2.29. The van der Waals surface area contributed by atoms with Crippen molar-refractivity contribution in [2.45, 2.75) is 13.5 Å². The molecule has 88 valence electrons. The summed E-state index contributed by atoms with van der Waals surface area (Å²) in [7, 11) is 0. The first-order valence-electron chi connectivity index (χ1n) is 5.01. The zero-order chi connectivity index (χ0) is 12.4. The SMILES string of the molecule is Cc1nn(Cc2ccccc2)c(Cl)c1[N+](=O)[O-]. The summed E-state index contributed by atoms with van der Waals surface area (Å²) in [6.45, 7) is 2.00. The zero-order valence-corrected chi connectivity index (χ0v) is 9.89. The normalized spacial score (nSPS) is 10.5. The summed E-state index contributed by atoms with van der Waals surface area (Å²) < 4.78 is 1.43. The lowest BCUT2D eigenvalue weighted by Crippen LogP contribution is -2.01. The summed E-state index contributed by atoms with van der Waals surface area (Å²) in [6.07, 6.45) is 0. The first-order chi connectivity index (χ1) is 8.09. The summed E-state index contributed by atoms with van der Waals surface area (Å²) in [5, 5.41) is 14.9. The van der Waals surface area contributed by atoms with Crippen LogP contribution in [0.5, 0.6) is 0 Å². The van der Waals surface area contributed by atoms with E-state index in [2.05, 4.69) is 5.10 Å². The van der Waals surface area contributed by atoms with Gasteiger partial charge in [0.2, 0.25) is 5.15 Å². The molecule has 17 heavy (non-hydrogen) atoms. The number of hydrogen-bond donors (Lipinski definition) is 0. The number of halogens is 1. The molecule has 1 aromatic carbocycles. The van der Waals surface area contributed by atoms with Crippen molar-refractivity contribution in [1.29, 1.82) is 0 Å². The Labute approximate surface area is 103 Å². The molecule has 0 atom stereocenters. The molecule has 0 bridgehead atoms. The van der Waals surface area contributed by atoms with E-state index in [-0.39, 0.29) is 10.8 Å². The number of nitrogens with zero attached hydrogens (tertiary/aromatic N) is 3. The summed E-state index contributed by atoms with van der Waals surface area (Å²) in [4.78, 5) is 10.3. The molecule has 0 amide bonds. The van der Waals surface area contributed by atoms with Crippen molar-refractivity contribution in [2.24, 2.45) is 0 Å². The van der Waals surface area contributed by atoms with Crippen LogP contribution >= 0.6 is 11.6 Å². The van der Waals surface area contributed by atoms with Gasteiger partial charge in [0, 0.05) is 0 Å². The Kier molecular flexibility index (Phi) is 3.10. The molecule has 0 spiro atoms. The Morgan fingerprint density at radius 2 is 2.06 bits per heavy atom. The molecule has 2 rings (SSSR count). The Hall–Kier alpha value is -1.88. The minimum Gasteiger partial charge on any atom is -0.258 e. The summed E-state index contributed by atoms with van der Waals surface area (Å²) >= 11 is 5.93. The predicted octanol–water partition coefficient (Wildman–Crippen LogP) is 2.80. The second-order valence-electron chi connectivity index (χ2n) is 3.63. The predicted molar refractivity (Wildman–Crippen MR) is 64.2 cm³/mol. The molecule has 1 heterocycles. The van der Waals surface area contributed by atoms with Gasteiger partial charge in [0.1, 0.15) is 5.69 Å². The Morgan fingerprint density at radius 1 is 1.41 bits per heavy atom. The second kappa shape index (κ2) is 4.55. The van der Waals surface area contributed by atoms with Gasteiger partial charge in [0.15, 0.2) is 0 Å². The number of aryl methyl sites for hydroxylation is 1. The van der Waals surface area contributed by atoms with Crippen molar-refractivity contribution in [1.82, 2.24) is 9.78 Å². The molecule has 0 aliphatic heterocycles. The van der Waals surface area contributed by atoms with Gasteiger partial charge >= 0.3 is 5.69 Å². The first-order valence-corrected chi connectivity index (χ1v) is 5.38. The Bertz CT molecular complexity index is 551. The lowest BCUT2D eigenvalue weighted by Gasteiger charge is -2.01. The van der Waals surface area contributed by atoms with Crippen LogP contribution in [-0.4, -0.2) is 14.7 Å². The minimum absolute atomic E-state index is 0.0661. The highest BCUT2D eigenvalue weighted by atomic mass is 35.5. The number of benzene rings is 1. The van der Waals surface area contributed by atoms with Crippen molar-refractivity contribution in [3.8, 4) is 0 Å². The van der Waals surface area contributed by atoms with Crippen LogP contribution in [0.2, 0.25) is 5.15 Å². The van der Waals surface area contributed by atoms with Gasteiger partial charge in [-0.2, -0.15) is 5.10 Å². The van der Waals surface area contributed by atoms with Crippen LogP contribution in [0.15, 0.2) is 30.3 Å². The fourth-order valence-corrected chi connectivity index (χ4v) is 1.92. The molecule has 0 aliphatic carbocycles. The summed E-state index contributed by atoms with van der Waals surface area (Å²) in [5.74, 6) is 0. The lowest BCUT2D eigenvalue weighted by atomic mass is 10.2.